The van der Waals surface area contributed by atoms with Crippen LogP contribution in [0.5, 0.6) is 0 Å². The molecule has 0 amide bonds. The maximum Gasteiger partial charge on any atom is 0.337 e. The molecular weight excluding hydrogens is 402 g/mol. The molecule has 0 aliphatic heterocycles. The van der Waals surface area contributed by atoms with Crippen molar-refractivity contribution >= 4 is 54.9 Å². The molecule has 0 atom stereocenters. The number of thiophene rings is 1. The molecule has 21 heavy (non-hydrogen) atoms. The fourth-order valence-electron chi connectivity index (χ4n) is 1.53. The highest BCUT2D eigenvalue weighted by Gasteiger charge is 2.20. The van der Waals surface area contributed by atoms with Gasteiger partial charge < -0.3 is 5.11 Å². The highest BCUT2D eigenvalue weighted by atomic mass is 79.9. The summed E-state index contributed by atoms with van der Waals surface area (Å²) in [4.78, 5) is 10.9. The topological polar surface area (TPSA) is 83.5 Å². The molecule has 0 aliphatic carbocycles. The molecular formula is C12H9BrClNO4S2. The van der Waals surface area contributed by atoms with Crippen LogP contribution >= 0.6 is 38.9 Å². The van der Waals surface area contributed by atoms with Crippen LogP contribution in [-0.4, -0.2) is 19.5 Å². The van der Waals surface area contributed by atoms with Crippen LogP contribution in [0.25, 0.3) is 0 Å². The summed E-state index contributed by atoms with van der Waals surface area (Å²) in [6.45, 7) is 0.133. The summed E-state index contributed by atoms with van der Waals surface area (Å²) in [6.07, 6.45) is 0. The maximum absolute atomic E-state index is 12.2. The number of benzene rings is 1. The van der Waals surface area contributed by atoms with Gasteiger partial charge in [0.25, 0.3) is 0 Å². The van der Waals surface area contributed by atoms with Gasteiger partial charge in [0.1, 0.15) is 0 Å². The molecule has 1 heterocycles. The van der Waals surface area contributed by atoms with Gasteiger partial charge in [-0.1, -0.05) is 11.6 Å². The van der Waals surface area contributed by atoms with Gasteiger partial charge in [0.05, 0.1) is 15.5 Å². The molecule has 1 aromatic heterocycles. The molecule has 2 rings (SSSR count). The SMILES string of the molecule is O=C(O)c1cc(S(=O)(=O)NCc2ccsc2)cc(Br)c1Cl. The summed E-state index contributed by atoms with van der Waals surface area (Å²) in [6, 6.07) is 4.10. The second kappa shape index (κ2) is 6.45. The van der Waals surface area contributed by atoms with E-state index in [2.05, 4.69) is 20.7 Å². The number of rotatable bonds is 5. The fourth-order valence-corrected chi connectivity index (χ4v) is 4.07. The molecule has 112 valence electrons. The average Bonchev–Trinajstić information content (AvgIpc) is 2.92. The van der Waals surface area contributed by atoms with E-state index in [0.29, 0.717) is 0 Å². The van der Waals surface area contributed by atoms with Gasteiger partial charge in [0.2, 0.25) is 10.0 Å². The lowest BCUT2D eigenvalue weighted by molar-refractivity contribution is 0.0696. The van der Waals surface area contributed by atoms with Crippen LogP contribution in [-0.2, 0) is 16.6 Å². The predicted molar refractivity (Wildman–Crippen MR) is 84.5 cm³/mol. The van der Waals surface area contributed by atoms with E-state index >= 15 is 0 Å². The Bertz CT molecular complexity index is 775. The molecule has 2 N–H and O–H groups in total. The standard InChI is InChI=1S/C12H9BrClNO4S2/c13-10-4-8(3-9(11(10)14)12(16)17)21(18,19)15-5-7-1-2-20-6-7/h1-4,6,15H,5H2,(H,16,17). The van der Waals surface area contributed by atoms with Crippen molar-refractivity contribution in [1.29, 1.82) is 0 Å². The fraction of sp³-hybridized carbons (Fsp3) is 0.0833. The van der Waals surface area contributed by atoms with Crippen molar-refractivity contribution in [2.45, 2.75) is 11.4 Å². The first kappa shape index (κ1) is 16.4. The van der Waals surface area contributed by atoms with Crippen molar-refractivity contribution in [3.8, 4) is 0 Å². The van der Waals surface area contributed by atoms with Gasteiger partial charge >= 0.3 is 5.97 Å². The number of aromatic carboxylic acids is 1. The first-order valence-electron chi connectivity index (χ1n) is 5.54. The van der Waals surface area contributed by atoms with Crippen LogP contribution in [0.2, 0.25) is 5.02 Å². The number of carbonyl (C=O) groups is 1. The van der Waals surface area contributed by atoms with E-state index in [4.69, 9.17) is 16.7 Å². The Morgan fingerprint density at radius 2 is 2.14 bits per heavy atom. The van der Waals surface area contributed by atoms with Crippen LogP contribution in [0.15, 0.2) is 38.3 Å². The lowest BCUT2D eigenvalue weighted by Crippen LogP contribution is -2.23. The third-order valence-electron chi connectivity index (χ3n) is 2.59. The van der Waals surface area contributed by atoms with Crippen LogP contribution in [0.4, 0.5) is 0 Å². The zero-order chi connectivity index (χ0) is 15.6. The third kappa shape index (κ3) is 3.83. The van der Waals surface area contributed by atoms with Crippen molar-refractivity contribution in [2.24, 2.45) is 0 Å². The number of carboxylic acid groups (broad SMARTS) is 1. The molecule has 0 unspecified atom stereocenters. The third-order valence-corrected chi connectivity index (χ3v) is 5.96. The smallest absolute Gasteiger partial charge is 0.337 e. The lowest BCUT2D eigenvalue weighted by atomic mass is 10.2. The van der Waals surface area contributed by atoms with E-state index < -0.39 is 16.0 Å². The summed E-state index contributed by atoms with van der Waals surface area (Å²) in [5.41, 5.74) is 0.553. The van der Waals surface area contributed by atoms with E-state index in [9.17, 15) is 13.2 Å². The van der Waals surface area contributed by atoms with Crippen molar-refractivity contribution in [3.05, 3.63) is 49.6 Å². The highest BCUT2D eigenvalue weighted by Crippen LogP contribution is 2.30. The molecule has 2 aromatic rings. The first-order valence-corrected chi connectivity index (χ1v) is 9.14. The monoisotopic (exact) mass is 409 g/mol. The van der Waals surface area contributed by atoms with Crippen LogP contribution in [0.3, 0.4) is 0 Å². The Labute approximate surface area is 138 Å². The van der Waals surface area contributed by atoms with E-state index in [1.807, 2.05) is 10.8 Å². The maximum atomic E-state index is 12.2. The minimum Gasteiger partial charge on any atom is -0.478 e. The number of halogens is 2. The van der Waals surface area contributed by atoms with Gasteiger partial charge in [-0.15, -0.1) is 0 Å². The molecule has 0 saturated carbocycles. The molecule has 0 bridgehead atoms. The molecule has 0 radical (unpaired) electrons. The van der Waals surface area contributed by atoms with E-state index in [1.165, 1.54) is 17.4 Å². The molecule has 9 heteroatoms. The largest absolute Gasteiger partial charge is 0.478 e. The Morgan fingerprint density at radius 3 is 2.71 bits per heavy atom. The minimum atomic E-state index is -3.83. The van der Waals surface area contributed by atoms with Crippen LogP contribution < -0.4 is 4.72 Å². The highest BCUT2D eigenvalue weighted by molar-refractivity contribution is 9.10. The Hall–Kier alpha value is -0.930. The quantitative estimate of drug-likeness (QED) is 0.792. The van der Waals surface area contributed by atoms with E-state index in [-0.39, 0.29) is 26.5 Å². The minimum absolute atomic E-state index is 0.0423. The molecule has 0 fully saturated rings. The van der Waals surface area contributed by atoms with Gasteiger partial charge in [-0.3, -0.25) is 0 Å². The number of hydrogen-bond donors (Lipinski definition) is 2. The molecule has 0 aliphatic rings. The van der Waals surface area contributed by atoms with Crippen LogP contribution in [0.1, 0.15) is 15.9 Å². The summed E-state index contributed by atoms with van der Waals surface area (Å²) in [5, 5.41) is 12.7. The van der Waals surface area contributed by atoms with Crippen molar-refractivity contribution in [2.75, 3.05) is 0 Å². The van der Waals surface area contributed by atoms with Crippen LogP contribution in [0, 0.1) is 0 Å². The van der Waals surface area contributed by atoms with Crippen molar-refractivity contribution < 1.29 is 18.3 Å². The Balaban J connectivity index is 2.33. The average molecular weight is 411 g/mol. The lowest BCUT2D eigenvalue weighted by Gasteiger charge is -2.09. The summed E-state index contributed by atoms with van der Waals surface area (Å²) in [5.74, 6) is -1.30. The van der Waals surface area contributed by atoms with Crippen molar-refractivity contribution in [3.63, 3.8) is 0 Å². The zero-order valence-electron chi connectivity index (χ0n) is 10.3. The van der Waals surface area contributed by atoms with Crippen molar-refractivity contribution in [1.82, 2.24) is 4.72 Å². The number of hydrogen-bond acceptors (Lipinski definition) is 4. The first-order chi connectivity index (χ1) is 9.81. The zero-order valence-corrected chi connectivity index (χ0v) is 14.3. The van der Waals surface area contributed by atoms with E-state index in [0.717, 1.165) is 11.6 Å². The van der Waals surface area contributed by atoms with Gasteiger partial charge in [0, 0.05) is 11.0 Å². The summed E-state index contributed by atoms with van der Waals surface area (Å²) in [7, 11) is -3.83. The Kier molecular flexibility index (Phi) is 5.05. The van der Waals surface area contributed by atoms with Gasteiger partial charge in [0.15, 0.2) is 0 Å². The number of sulfonamides is 1. The normalized spacial score (nSPS) is 11.5. The molecule has 1 aromatic carbocycles. The number of nitrogens with one attached hydrogen (secondary N) is 1. The molecule has 5 nitrogen and oxygen atoms in total. The predicted octanol–water partition coefficient (Wildman–Crippen LogP) is 3.34. The summed E-state index contributed by atoms with van der Waals surface area (Å²) >= 11 is 10.3. The van der Waals surface area contributed by atoms with E-state index in [1.54, 1.807) is 6.07 Å². The molecule has 0 saturated heterocycles. The van der Waals surface area contributed by atoms with Gasteiger partial charge in [-0.05, 0) is 50.5 Å². The molecule has 0 spiro atoms. The summed E-state index contributed by atoms with van der Waals surface area (Å²) < 4.78 is 27.0. The second-order valence-electron chi connectivity index (χ2n) is 4.03. The van der Waals surface area contributed by atoms with Gasteiger partial charge in [-0.2, -0.15) is 11.3 Å². The van der Waals surface area contributed by atoms with Gasteiger partial charge in [-0.25, -0.2) is 17.9 Å². The second-order valence-corrected chi connectivity index (χ2v) is 7.81. The Morgan fingerprint density at radius 1 is 1.43 bits per heavy atom. The number of carboxylic acids is 1.